The number of hydrogen-bond acceptors (Lipinski definition) is 5. The van der Waals surface area contributed by atoms with Gasteiger partial charge in [0.1, 0.15) is 12.3 Å². The molecule has 0 spiro atoms. The summed E-state index contributed by atoms with van der Waals surface area (Å²) in [4.78, 5) is 16.1. The molecule has 22 heavy (non-hydrogen) atoms. The molecule has 0 atom stereocenters. The van der Waals surface area contributed by atoms with Gasteiger partial charge in [-0.2, -0.15) is 0 Å². The molecule has 1 rings (SSSR count). The third kappa shape index (κ3) is 7.96. The van der Waals surface area contributed by atoms with E-state index in [2.05, 4.69) is 4.90 Å². The Morgan fingerprint density at radius 2 is 1.95 bits per heavy atom. The Labute approximate surface area is 134 Å². The topological polar surface area (TPSA) is 68.0 Å². The van der Waals surface area contributed by atoms with E-state index in [0.29, 0.717) is 19.2 Å². The highest BCUT2D eigenvalue weighted by Gasteiger charge is 2.22. The van der Waals surface area contributed by atoms with Crippen LogP contribution in [0.15, 0.2) is 0 Å². The minimum absolute atomic E-state index is 0.288. The lowest BCUT2D eigenvalue weighted by molar-refractivity contribution is -0.0176. The maximum absolute atomic E-state index is 12.1. The van der Waals surface area contributed by atoms with Gasteiger partial charge in [-0.3, -0.25) is 4.90 Å². The Bertz CT molecular complexity index is 323. The van der Waals surface area contributed by atoms with Crippen LogP contribution in [-0.2, 0) is 9.47 Å². The molecule has 0 aromatic rings. The molecule has 2 N–H and O–H groups in total. The van der Waals surface area contributed by atoms with Crippen LogP contribution in [0, 0.1) is 0 Å². The fourth-order valence-electron chi connectivity index (χ4n) is 2.35. The SMILES string of the molecule is CCCN(COCCN1CCC(N)CC1)C(=O)OC(C)(C)C. The number of carbonyl (C=O) groups excluding carboxylic acids is 1. The summed E-state index contributed by atoms with van der Waals surface area (Å²) < 4.78 is 11.1. The van der Waals surface area contributed by atoms with Crippen molar-refractivity contribution >= 4 is 6.09 Å². The van der Waals surface area contributed by atoms with E-state index >= 15 is 0 Å². The number of likely N-dealkylation sites (tertiary alicyclic amines) is 1. The van der Waals surface area contributed by atoms with E-state index in [1.165, 1.54) is 0 Å². The maximum Gasteiger partial charge on any atom is 0.412 e. The second-order valence-corrected chi connectivity index (χ2v) is 6.96. The van der Waals surface area contributed by atoms with Crippen LogP contribution >= 0.6 is 0 Å². The molecule has 0 unspecified atom stereocenters. The van der Waals surface area contributed by atoms with E-state index in [-0.39, 0.29) is 12.8 Å². The first-order chi connectivity index (χ1) is 10.3. The Hall–Kier alpha value is -0.850. The van der Waals surface area contributed by atoms with E-state index in [9.17, 15) is 4.79 Å². The van der Waals surface area contributed by atoms with Gasteiger partial charge in [0.05, 0.1) is 6.61 Å². The zero-order chi connectivity index (χ0) is 16.6. The lowest BCUT2D eigenvalue weighted by atomic mass is 10.1. The van der Waals surface area contributed by atoms with Crippen LogP contribution in [0.3, 0.4) is 0 Å². The number of amides is 1. The summed E-state index contributed by atoms with van der Waals surface area (Å²) in [6, 6.07) is 0.351. The quantitative estimate of drug-likeness (QED) is 0.575. The fourth-order valence-corrected chi connectivity index (χ4v) is 2.35. The van der Waals surface area contributed by atoms with E-state index < -0.39 is 5.60 Å². The number of piperidine rings is 1. The number of ether oxygens (including phenoxy) is 2. The van der Waals surface area contributed by atoms with Gasteiger partial charge in [-0.15, -0.1) is 0 Å². The molecule has 1 heterocycles. The first-order valence-electron chi connectivity index (χ1n) is 8.35. The molecule has 0 aliphatic carbocycles. The van der Waals surface area contributed by atoms with Crippen molar-refractivity contribution in [3.63, 3.8) is 0 Å². The first-order valence-corrected chi connectivity index (χ1v) is 8.35. The van der Waals surface area contributed by atoms with Crippen molar-refractivity contribution in [1.82, 2.24) is 9.80 Å². The van der Waals surface area contributed by atoms with Crippen molar-refractivity contribution in [3.8, 4) is 0 Å². The lowest BCUT2D eigenvalue weighted by Gasteiger charge is -2.30. The first kappa shape index (κ1) is 19.2. The van der Waals surface area contributed by atoms with Crippen LogP contribution in [0.1, 0.15) is 47.0 Å². The standard InChI is InChI=1S/C16H33N3O3/c1-5-8-19(15(20)22-16(2,3)4)13-21-12-11-18-9-6-14(17)7-10-18/h14H,5-13,17H2,1-4H3. The Morgan fingerprint density at radius 3 is 2.50 bits per heavy atom. The van der Waals surface area contributed by atoms with Crippen LogP contribution in [0.2, 0.25) is 0 Å². The van der Waals surface area contributed by atoms with Crippen molar-refractivity contribution in [2.75, 3.05) is 39.5 Å². The highest BCUT2D eigenvalue weighted by molar-refractivity contribution is 5.67. The average Bonchev–Trinajstić information content (AvgIpc) is 2.42. The molecule has 6 heteroatoms. The zero-order valence-electron chi connectivity index (χ0n) is 14.6. The molecule has 1 amide bonds. The van der Waals surface area contributed by atoms with Gasteiger partial charge in [0, 0.05) is 19.1 Å². The predicted octanol–water partition coefficient (Wildman–Crippen LogP) is 2.03. The molecule has 0 aromatic carbocycles. The van der Waals surface area contributed by atoms with Gasteiger partial charge < -0.3 is 20.1 Å². The molecule has 1 aliphatic rings. The van der Waals surface area contributed by atoms with Crippen molar-refractivity contribution in [2.24, 2.45) is 5.73 Å². The van der Waals surface area contributed by atoms with Crippen molar-refractivity contribution in [1.29, 1.82) is 0 Å². The van der Waals surface area contributed by atoms with Crippen molar-refractivity contribution in [2.45, 2.75) is 58.6 Å². The normalized spacial score (nSPS) is 17.5. The molecular weight excluding hydrogens is 282 g/mol. The summed E-state index contributed by atoms with van der Waals surface area (Å²) in [6.45, 7) is 12.2. The molecule has 6 nitrogen and oxygen atoms in total. The Balaban J connectivity index is 2.25. The maximum atomic E-state index is 12.1. The van der Waals surface area contributed by atoms with Gasteiger partial charge in [-0.05, 0) is 53.1 Å². The lowest BCUT2D eigenvalue weighted by Crippen LogP contribution is -2.42. The van der Waals surface area contributed by atoms with Gasteiger partial charge in [0.25, 0.3) is 0 Å². The summed E-state index contributed by atoms with van der Waals surface area (Å²) >= 11 is 0. The fraction of sp³-hybridized carbons (Fsp3) is 0.938. The summed E-state index contributed by atoms with van der Waals surface area (Å²) in [5, 5.41) is 0. The third-order valence-electron chi connectivity index (χ3n) is 3.58. The van der Waals surface area contributed by atoms with Gasteiger partial charge in [-0.25, -0.2) is 4.79 Å². The van der Waals surface area contributed by atoms with Crippen LogP contribution < -0.4 is 5.73 Å². The molecule has 0 saturated carbocycles. The zero-order valence-corrected chi connectivity index (χ0v) is 14.6. The van der Waals surface area contributed by atoms with Gasteiger partial charge >= 0.3 is 6.09 Å². The van der Waals surface area contributed by atoms with Gasteiger partial charge in [0.15, 0.2) is 0 Å². The number of nitrogens with two attached hydrogens (primary N) is 1. The molecule has 1 saturated heterocycles. The predicted molar refractivity (Wildman–Crippen MR) is 87.7 cm³/mol. The van der Waals surface area contributed by atoms with Crippen molar-refractivity contribution < 1.29 is 14.3 Å². The number of carbonyl (C=O) groups is 1. The van der Waals surface area contributed by atoms with Crippen LogP contribution in [0.5, 0.6) is 0 Å². The highest BCUT2D eigenvalue weighted by Crippen LogP contribution is 2.11. The average molecular weight is 315 g/mol. The molecule has 0 aromatic heterocycles. The molecule has 1 aliphatic heterocycles. The van der Waals surface area contributed by atoms with E-state index in [0.717, 1.165) is 38.9 Å². The van der Waals surface area contributed by atoms with E-state index in [4.69, 9.17) is 15.2 Å². The largest absolute Gasteiger partial charge is 0.444 e. The van der Waals surface area contributed by atoms with Gasteiger partial charge in [-0.1, -0.05) is 6.92 Å². The van der Waals surface area contributed by atoms with Crippen LogP contribution in [-0.4, -0.2) is 67.1 Å². The number of rotatable bonds is 7. The summed E-state index contributed by atoms with van der Waals surface area (Å²) in [6.07, 6.45) is 2.69. The molecule has 0 radical (unpaired) electrons. The molecule has 130 valence electrons. The molecule has 0 bridgehead atoms. The third-order valence-corrected chi connectivity index (χ3v) is 3.58. The summed E-state index contributed by atoms with van der Waals surface area (Å²) in [5.41, 5.74) is 5.42. The molecule has 1 fully saturated rings. The van der Waals surface area contributed by atoms with Crippen LogP contribution in [0.4, 0.5) is 4.79 Å². The van der Waals surface area contributed by atoms with E-state index in [1.54, 1.807) is 4.90 Å². The smallest absolute Gasteiger partial charge is 0.412 e. The van der Waals surface area contributed by atoms with Crippen molar-refractivity contribution in [3.05, 3.63) is 0 Å². The Morgan fingerprint density at radius 1 is 1.32 bits per heavy atom. The minimum atomic E-state index is -0.477. The highest BCUT2D eigenvalue weighted by atomic mass is 16.6. The summed E-state index contributed by atoms with van der Waals surface area (Å²) in [7, 11) is 0. The van der Waals surface area contributed by atoms with Gasteiger partial charge in [0.2, 0.25) is 0 Å². The summed E-state index contributed by atoms with van der Waals surface area (Å²) in [5.74, 6) is 0. The molecular formula is C16H33N3O3. The number of hydrogen-bond donors (Lipinski definition) is 1. The Kier molecular flexibility index (Phi) is 8.14. The minimum Gasteiger partial charge on any atom is -0.444 e. The monoisotopic (exact) mass is 315 g/mol. The number of nitrogens with zero attached hydrogens (tertiary/aromatic N) is 2. The van der Waals surface area contributed by atoms with E-state index in [1.807, 2.05) is 27.7 Å². The second kappa shape index (κ2) is 9.33. The second-order valence-electron chi connectivity index (χ2n) is 6.96. The van der Waals surface area contributed by atoms with Crippen LogP contribution in [0.25, 0.3) is 0 Å².